The van der Waals surface area contributed by atoms with Gasteiger partial charge in [-0.2, -0.15) is 5.10 Å². The highest BCUT2D eigenvalue weighted by molar-refractivity contribution is 5.87. The minimum absolute atomic E-state index is 0.00218. The van der Waals surface area contributed by atoms with Gasteiger partial charge >= 0.3 is 0 Å². The molecule has 4 heteroatoms. The van der Waals surface area contributed by atoms with Gasteiger partial charge in [0, 0.05) is 44.1 Å². The Morgan fingerprint density at radius 1 is 1.24 bits per heavy atom. The normalized spacial score (nSPS) is 16.0. The molecule has 0 aromatic heterocycles. The topological polar surface area (TPSA) is 44.7 Å². The molecular formula is C17H25N3O. The van der Waals surface area contributed by atoms with Crippen LogP contribution >= 0.6 is 0 Å². The van der Waals surface area contributed by atoms with Crippen LogP contribution in [-0.4, -0.2) is 35.7 Å². The Balaban J connectivity index is 1.70. The van der Waals surface area contributed by atoms with Crippen LogP contribution < -0.4 is 5.43 Å². The Bertz CT molecular complexity index is 472. The first-order valence-electron chi connectivity index (χ1n) is 7.77. The summed E-state index contributed by atoms with van der Waals surface area (Å²) >= 11 is 0. The maximum absolute atomic E-state index is 11.8. The lowest BCUT2D eigenvalue weighted by atomic mass is 10.1. The number of nitrogens with zero attached hydrogens (tertiary/aromatic N) is 2. The van der Waals surface area contributed by atoms with Crippen LogP contribution in [0.25, 0.3) is 0 Å². The molecule has 4 nitrogen and oxygen atoms in total. The molecule has 1 aromatic carbocycles. The summed E-state index contributed by atoms with van der Waals surface area (Å²) in [5.74, 6) is -0.00218. The number of hydrogen-bond donors (Lipinski definition) is 1. The molecule has 0 spiro atoms. The summed E-state index contributed by atoms with van der Waals surface area (Å²) in [5.41, 5.74) is 4.99. The van der Waals surface area contributed by atoms with Crippen LogP contribution in [0.4, 0.5) is 0 Å². The second-order valence-corrected chi connectivity index (χ2v) is 5.83. The Morgan fingerprint density at radius 3 is 2.52 bits per heavy atom. The molecule has 21 heavy (non-hydrogen) atoms. The molecule has 0 bridgehead atoms. The van der Waals surface area contributed by atoms with E-state index in [1.807, 2.05) is 30.3 Å². The smallest absolute Gasteiger partial charge is 0.240 e. The second kappa shape index (κ2) is 7.93. The van der Waals surface area contributed by atoms with Crippen molar-refractivity contribution in [1.82, 2.24) is 10.3 Å². The molecule has 1 amide bonds. The second-order valence-electron chi connectivity index (χ2n) is 5.83. The van der Waals surface area contributed by atoms with E-state index < -0.39 is 0 Å². The summed E-state index contributed by atoms with van der Waals surface area (Å²) in [6.07, 6.45) is 3.16. The zero-order valence-electron chi connectivity index (χ0n) is 13.0. The van der Waals surface area contributed by atoms with Crippen molar-refractivity contribution < 1.29 is 4.79 Å². The zero-order valence-corrected chi connectivity index (χ0v) is 13.0. The van der Waals surface area contributed by atoms with Crippen molar-refractivity contribution in [3.8, 4) is 0 Å². The third-order valence-corrected chi connectivity index (χ3v) is 3.93. The maximum Gasteiger partial charge on any atom is 0.240 e. The van der Waals surface area contributed by atoms with Crippen LogP contribution in [0.15, 0.2) is 35.4 Å². The number of nitrogens with one attached hydrogen (secondary N) is 1. The van der Waals surface area contributed by atoms with E-state index in [9.17, 15) is 4.79 Å². The monoisotopic (exact) mass is 287 g/mol. The van der Waals surface area contributed by atoms with Crippen LogP contribution in [0.2, 0.25) is 0 Å². The number of benzene rings is 1. The molecule has 1 fully saturated rings. The summed E-state index contributed by atoms with van der Waals surface area (Å²) in [6, 6.07) is 10.7. The summed E-state index contributed by atoms with van der Waals surface area (Å²) in [6.45, 7) is 6.51. The van der Waals surface area contributed by atoms with E-state index in [0.717, 1.165) is 38.1 Å². The minimum atomic E-state index is -0.00218. The van der Waals surface area contributed by atoms with Crippen molar-refractivity contribution in [3.05, 3.63) is 35.9 Å². The first-order valence-corrected chi connectivity index (χ1v) is 7.77. The largest absolute Gasteiger partial charge is 0.300 e. The molecule has 1 N–H and O–H groups in total. The van der Waals surface area contributed by atoms with Crippen molar-refractivity contribution in [2.75, 3.05) is 13.1 Å². The van der Waals surface area contributed by atoms with Gasteiger partial charge in [-0.15, -0.1) is 0 Å². The minimum Gasteiger partial charge on any atom is -0.300 e. The highest BCUT2D eigenvalue weighted by Gasteiger charge is 2.17. The fourth-order valence-electron chi connectivity index (χ4n) is 2.51. The highest BCUT2D eigenvalue weighted by Crippen LogP contribution is 2.10. The number of aryl methyl sites for hydroxylation is 1. The van der Waals surface area contributed by atoms with Crippen molar-refractivity contribution in [2.45, 2.75) is 45.6 Å². The van der Waals surface area contributed by atoms with Crippen LogP contribution in [0.3, 0.4) is 0 Å². The first kappa shape index (κ1) is 15.7. The third kappa shape index (κ3) is 5.31. The Morgan fingerprint density at radius 2 is 1.90 bits per heavy atom. The zero-order chi connectivity index (χ0) is 15.1. The molecule has 0 atom stereocenters. The highest BCUT2D eigenvalue weighted by atomic mass is 16.2. The van der Waals surface area contributed by atoms with E-state index in [1.165, 1.54) is 5.56 Å². The number of carbonyl (C=O) groups excluding carboxylic acids is 1. The van der Waals surface area contributed by atoms with Gasteiger partial charge < -0.3 is 4.90 Å². The standard InChI is InChI=1S/C17H25N3O/c1-14(2)20-12-10-16(11-13-20)18-19-17(21)9-8-15-6-4-3-5-7-15/h3-7,14H,8-13H2,1-2H3,(H,19,21). The molecule has 0 aliphatic carbocycles. The van der Waals surface area contributed by atoms with Gasteiger partial charge in [-0.1, -0.05) is 30.3 Å². The number of piperidine rings is 1. The number of hydrogen-bond acceptors (Lipinski definition) is 3. The molecule has 1 heterocycles. The van der Waals surface area contributed by atoms with Gasteiger partial charge in [0.15, 0.2) is 0 Å². The van der Waals surface area contributed by atoms with Crippen LogP contribution in [0, 0.1) is 0 Å². The van der Waals surface area contributed by atoms with Gasteiger partial charge in [0.25, 0.3) is 0 Å². The lowest BCUT2D eigenvalue weighted by Crippen LogP contribution is -2.39. The fraction of sp³-hybridized carbons (Fsp3) is 0.529. The average Bonchev–Trinajstić information content (AvgIpc) is 2.52. The first-order chi connectivity index (χ1) is 10.1. The lowest BCUT2D eigenvalue weighted by molar-refractivity contribution is -0.121. The molecule has 1 saturated heterocycles. The summed E-state index contributed by atoms with van der Waals surface area (Å²) < 4.78 is 0. The van der Waals surface area contributed by atoms with Crippen molar-refractivity contribution in [3.63, 3.8) is 0 Å². The predicted octanol–water partition coefficient (Wildman–Crippen LogP) is 2.60. The van der Waals surface area contributed by atoms with Gasteiger partial charge in [0.2, 0.25) is 5.91 Å². The molecule has 0 unspecified atom stereocenters. The van der Waals surface area contributed by atoms with Crippen molar-refractivity contribution in [1.29, 1.82) is 0 Å². The number of likely N-dealkylation sites (tertiary alicyclic amines) is 1. The molecule has 1 aliphatic heterocycles. The summed E-state index contributed by atoms with van der Waals surface area (Å²) in [4.78, 5) is 14.2. The number of amides is 1. The Hall–Kier alpha value is -1.68. The van der Waals surface area contributed by atoms with E-state index in [1.54, 1.807) is 0 Å². The van der Waals surface area contributed by atoms with Crippen molar-refractivity contribution >= 4 is 11.6 Å². The lowest BCUT2D eigenvalue weighted by Gasteiger charge is -2.30. The average molecular weight is 287 g/mol. The van der Waals surface area contributed by atoms with E-state index in [2.05, 4.69) is 29.3 Å². The molecule has 2 rings (SSSR count). The number of hydrazone groups is 1. The van der Waals surface area contributed by atoms with Crippen molar-refractivity contribution in [2.24, 2.45) is 5.10 Å². The summed E-state index contributed by atoms with van der Waals surface area (Å²) in [5, 5.41) is 4.28. The quantitative estimate of drug-likeness (QED) is 0.846. The third-order valence-electron chi connectivity index (χ3n) is 3.93. The molecule has 0 radical (unpaired) electrons. The van der Waals surface area contributed by atoms with Gasteiger partial charge in [0.05, 0.1) is 0 Å². The van der Waals surface area contributed by atoms with Crippen LogP contribution in [-0.2, 0) is 11.2 Å². The van der Waals surface area contributed by atoms with E-state index in [-0.39, 0.29) is 5.91 Å². The molecule has 0 saturated carbocycles. The SMILES string of the molecule is CC(C)N1CCC(=NNC(=O)CCc2ccccc2)CC1. The van der Waals surface area contributed by atoms with E-state index in [4.69, 9.17) is 0 Å². The molecule has 114 valence electrons. The number of rotatable bonds is 5. The molecular weight excluding hydrogens is 262 g/mol. The van der Waals surface area contributed by atoms with Gasteiger partial charge in [-0.25, -0.2) is 5.43 Å². The number of carbonyl (C=O) groups is 1. The van der Waals surface area contributed by atoms with Crippen LogP contribution in [0.5, 0.6) is 0 Å². The molecule has 1 aliphatic rings. The Kier molecular flexibility index (Phi) is 5.93. The van der Waals surface area contributed by atoms with Gasteiger partial charge in [-0.05, 0) is 25.8 Å². The van der Waals surface area contributed by atoms with Gasteiger partial charge in [-0.3, -0.25) is 4.79 Å². The fourth-order valence-corrected chi connectivity index (χ4v) is 2.51. The van der Waals surface area contributed by atoms with Crippen LogP contribution in [0.1, 0.15) is 38.7 Å². The maximum atomic E-state index is 11.8. The summed E-state index contributed by atoms with van der Waals surface area (Å²) in [7, 11) is 0. The van der Waals surface area contributed by atoms with Gasteiger partial charge in [0.1, 0.15) is 0 Å². The Labute approximate surface area is 127 Å². The van der Waals surface area contributed by atoms with E-state index >= 15 is 0 Å². The predicted molar refractivity (Wildman–Crippen MR) is 86.3 cm³/mol. The molecule has 1 aromatic rings. The van der Waals surface area contributed by atoms with E-state index in [0.29, 0.717) is 12.5 Å².